The van der Waals surface area contributed by atoms with Crippen LogP contribution in [-0.4, -0.2) is 23.5 Å². The van der Waals surface area contributed by atoms with Gasteiger partial charge >= 0.3 is 0 Å². The van der Waals surface area contributed by atoms with E-state index in [1.807, 2.05) is 13.1 Å². The van der Waals surface area contributed by atoms with Crippen LogP contribution in [0.1, 0.15) is 25.8 Å². The van der Waals surface area contributed by atoms with Crippen molar-refractivity contribution in [1.29, 1.82) is 0 Å². The Morgan fingerprint density at radius 3 is 2.69 bits per heavy atom. The highest BCUT2D eigenvalue weighted by atomic mass is 79.9. The molecule has 16 heavy (non-hydrogen) atoms. The molecule has 0 radical (unpaired) electrons. The minimum atomic E-state index is 0.426. The molecule has 0 aliphatic rings. The first-order valence-electron chi connectivity index (χ1n) is 5.51. The normalized spacial score (nSPS) is 10.9. The van der Waals surface area contributed by atoms with Crippen LogP contribution in [0.25, 0.3) is 0 Å². The molecule has 0 bridgehead atoms. The molecule has 1 rings (SSSR count). The fourth-order valence-corrected chi connectivity index (χ4v) is 2.39. The van der Waals surface area contributed by atoms with Gasteiger partial charge < -0.3 is 4.90 Å². The standard InChI is InChI=1S/C12H18BrClN2/c1-9(2)16(6-4-5-14)12-11(13)7-10(3)8-15-12/h7-9H,4-6H2,1-3H3. The zero-order chi connectivity index (χ0) is 12.1. The number of nitrogens with zero attached hydrogens (tertiary/aromatic N) is 2. The highest BCUT2D eigenvalue weighted by Gasteiger charge is 2.14. The molecule has 0 unspecified atom stereocenters. The highest BCUT2D eigenvalue weighted by Crippen LogP contribution is 2.26. The van der Waals surface area contributed by atoms with Crippen molar-refractivity contribution >= 4 is 33.3 Å². The number of aromatic nitrogens is 1. The van der Waals surface area contributed by atoms with E-state index in [-0.39, 0.29) is 0 Å². The molecule has 0 aliphatic carbocycles. The second kappa shape index (κ2) is 6.45. The topological polar surface area (TPSA) is 16.1 Å². The Balaban J connectivity index is 2.92. The maximum atomic E-state index is 5.74. The van der Waals surface area contributed by atoms with E-state index >= 15 is 0 Å². The molecule has 0 N–H and O–H groups in total. The van der Waals surface area contributed by atoms with Gasteiger partial charge in [0.05, 0.1) is 4.47 Å². The van der Waals surface area contributed by atoms with Gasteiger partial charge in [0, 0.05) is 24.7 Å². The monoisotopic (exact) mass is 304 g/mol. The van der Waals surface area contributed by atoms with Gasteiger partial charge in [0.25, 0.3) is 0 Å². The van der Waals surface area contributed by atoms with Crippen molar-refractivity contribution < 1.29 is 0 Å². The summed E-state index contributed by atoms with van der Waals surface area (Å²) in [5.41, 5.74) is 1.16. The van der Waals surface area contributed by atoms with Crippen molar-refractivity contribution in [2.24, 2.45) is 0 Å². The molecule has 90 valence electrons. The van der Waals surface area contributed by atoms with Crippen molar-refractivity contribution in [3.63, 3.8) is 0 Å². The first kappa shape index (κ1) is 13.8. The van der Waals surface area contributed by atoms with Crippen LogP contribution in [0.15, 0.2) is 16.7 Å². The van der Waals surface area contributed by atoms with Crippen LogP contribution < -0.4 is 4.90 Å². The number of aryl methyl sites for hydroxylation is 1. The lowest BCUT2D eigenvalue weighted by molar-refractivity contribution is 0.662. The Labute approximate surface area is 111 Å². The summed E-state index contributed by atoms with van der Waals surface area (Å²) in [6, 6.07) is 2.52. The smallest absolute Gasteiger partial charge is 0.143 e. The highest BCUT2D eigenvalue weighted by molar-refractivity contribution is 9.10. The molecule has 0 fully saturated rings. The predicted octanol–water partition coefficient (Wildman–Crippen LogP) is 4.00. The molecule has 0 spiro atoms. The summed E-state index contributed by atoms with van der Waals surface area (Å²) in [5, 5.41) is 0. The van der Waals surface area contributed by atoms with Gasteiger partial charge in [-0.25, -0.2) is 4.98 Å². The maximum absolute atomic E-state index is 5.74. The Morgan fingerprint density at radius 1 is 1.50 bits per heavy atom. The molecule has 0 amide bonds. The third-order valence-electron chi connectivity index (χ3n) is 2.39. The Bertz CT molecular complexity index is 342. The number of hydrogen-bond donors (Lipinski definition) is 0. The molecule has 0 saturated heterocycles. The second-order valence-corrected chi connectivity index (χ2v) is 5.38. The SMILES string of the molecule is Cc1cnc(N(CCCCl)C(C)C)c(Br)c1. The molecular weight excluding hydrogens is 288 g/mol. The Kier molecular flexibility index (Phi) is 5.56. The predicted molar refractivity (Wildman–Crippen MR) is 74.5 cm³/mol. The molecular formula is C12H18BrClN2. The van der Waals surface area contributed by atoms with Crippen molar-refractivity contribution in [3.05, 3.63) is 22.3 Å². The van der Waals surface area contributed by atoms with E-state index in [1.54, 1.807) is 0 Å². The molecule has 2 nitrogen and oxygen atoms in total. The van der Waals surface area contributed by atoms with E-state index in [0.29, 0.717) is 11.9 Å². The van der Waals surface area contributed by atoms with E-state index in [1.165, 1.54) is 0 Å². The molecule has 1 aromatic rings. The summed E-state index contributed by atoms with van der Waals surface area (Å²) >= 11 is 9.31. The number of alkyl halides is 1. The Hall–Kier alpha value is -0.280. The van der Waals surface area contributed by atoms with E-state index < -0.39 is 0 Å². The summed E-state index contributed by atoms with van der Waals surface area (Å²) in [7, 11) is 0. The number of anilines is 1. The maximum Gasteiger partial charge on any atom is 0.143 e. The average Bonchev–Trinajstić information content (AvgIpc) is 2.20. The minimum absolute atomic E-state index is 0.426. The largest absolute Gasteiger partial charge is 0.353 e. The molecule has 0 saturated carbocycles. The van der Waals surface area contributed by atoms with Crippen LogP contribution in [0, 0.1) is 6.92 Å². The molecule has 1 heterocycles. The summed E-state index contributed by atoms with van der Waals surface area (Å²) in [6.07, 6.45) is 2.87. The fraction of sp³-hybridized carbons (Fsp3) is 0.583. The van der Waals surface area contributed by atoms with Crippen LogP contribution in [0.3, 0.4) is 0 Å². The van der Waals surface area contributed by atoms with Crippen molar-refractivity contribution in [2.75, 3.05) is 17.3 Å². The van der Waals surface area contributed by atoms with E-state index in [9.17, 15) is 0 Å². The summed E-state index contributed by atoms with van der Waals surface area (Å²) in [4.78, 5) is 6.76. The van der Waals surface area contributed by atoms with Gasteiger partial charge in [0.2, 0.25) is 0 Å². The second-order valence-electron chi connectivity index (χ2n) is 4.15. The lowest BCUT2D eigenvalue weighted by Gasteiger charge is -2.28. The van der Waals surface area contributed by atoms with Crippen LogP contribution >= 0.6 is 27.5 Å². The lowest BCUT2D eigenvalue weighted by atomic mass is 10.2. The number of pyridine rings is 1. The van der Waals surface area contributed by atoms with Crippen molar-refractivity contribution in [3.8, 4) is 0 Å². The first-order valence-corrected chi connectivity index (χ1v) is 6.83. The summed E-state index contributed by atoms with van der Waals surface area (Å²) in [5.74, 6) is 1.69. The van der Waals surface area contributed by atoms with Crippen molar-refractivity contribution in [2.45, 2.75) is 33.2 Å². The minimum Gasteiger partial charge on any atom is -0.353 e. The fourth-order valence-electron chi connectivity index (χ4n) is 1.58. The first-order chi connectivity index (χ1) is 7.56. The van der Waals surface area contributed by atoms with Crippen LogP contribution in [-0.2, 0) is 0 Å². The van der Waals surface area contributed by atoms with E-state index in [4.69, 9.17) is 11.6 Å². The number of hydrogen-bond acceptors (Lipinski definition) is 2. The quantitative estimate of drug-likeness (QED) is 0.765. The van der Waals surface area contributed by atoms with Gasteiger partial charge in [-0.1, -0.05) is 0 Å². The van der Waals surface area contributed by atoms with Gasteiger partial charge in [-0.15, -0.1) is 11.6 Å². The van der Waals surface area contributed by atoms with Crippen molar-refractivity contribution in [1.82, 2.24) is 4.98 Å². The third kappa shape index (κ3) is 3.63. The zero-order valence-electron chi connectivity index (χ0n) is 10.0. The number of halogens is 2. The average molecular weight is 306 g/mol. The van der Waals surface area contributed by atoms with Gasteiger partial charge in [0.1, 0.15) is 5.82 Å². The Morgan fingerprint density at radius 2 is 2.19 bits per heavy atom. The molecule has 4 heteroatoms. The summed E-state index contributed by atoms with van der Waals surface area (Å²) < 4.78 is 1.05. The molecule has 1 aromatic heterocycles. The molecule has 0 aliphatic heterocycles. The third-order valence-corrected chi connectivity index (χ3v) is 3.24. The summed E-state index contributed by atoms with van der Waals surface area (Å²) in [6.45, 7) is 7.32. The van der Waals surface area contributed by atoms with E-state index in [2.05, 4.69) is 45.7 Å². The van der Waals surface area contributed by atoms with Gasteiger partial charge in [-0.3, -0.25) is 0 Å². The van der Waals surface area contributed by atoms with Gasteiger partial charge in [-0.05, 0) is 54.8 Å². The zero-order valence-corrected chi connectivity index (χ0v) is 12.3. The van der Waals surface area contributed by atoms with Crippen LogP contribution in [0.4, 0.5) is 5.82 Å². The lowest BCUT2D eigenvalue weighted by Crippen LogP contribution is -2.33. The molecule has 0 aromatic carbocycles. The van der Waals surface area contributed by atoms with Crippen LogP contribution in [0.2, 0.25) is 0 Å². The van der Waals surface area contributed by atoms with Gasteiger partial charge in [-0.2, -0.15) is 0 Å². The molecule has 0 atom stereocenters. The number of rotatable bonds is 5. The van der Waals surface area contributed by atoms with E-state index in [0.717, 1.165) is 28.8 Å². The van der Waals surface area contributed by atoms with Crippen LogP contribution in [0.5, 0.6) is 0 Å². The van der Waals surface area contributed by atoms with Gasteiger partial charge in [0.15, 0.2) is 0 Å².